The van der Waals surface area contributed by atoms with E-state index in [1.54, 1.807) is 14.2 Å². The molecule has 2 rings (SSSR count). The van der Waals surface area contributed by atoms with Crippen LogP contribution >= 0.6 is 0 Å². The van der Waals surface area contributed by atoms with Gasteiger partial charge in [0.1, 0.15) is 0 Å². The molecule has 2 N–H and O–H groups in total. The summed E-state index contributed by atoms with van der Waals surface area (Å²) in [6.07, 6.45) is 2.77. The van der Waals surface area contributed by atoms with Crippen LogP contribution < -0.4 is 20.1 Å². The third kappa shape index (κ3) is 4.37. The van der Waals surface area contributed by atoms with Crippen LogP contribution in [-0.4, -0.2) is 33.2 Å². The Hall–Kier alpha value is -1.75. The van der Waals surface area contributed by atoms with Gasteiger partial charge in [0.15, 0.2) is 11.5 Å². The summed E-state index contributed by atoms with van der Waals surface area (Å²) in [5, 5.41) is 6.40. The molecule has 1 aromatic rings. The molecule has 0 spiro atoms. The number of piperidine rings is 1. The van der Waals surface area contributed by atoms with Crippen molar-refractivity contribution in [3.8, 4) is 11.5 Å². The molecule has 1 saturated heterocycles. The number of amides is 1. The average molecular weight is 306 g/mol. The molecule has 122 valence electrons. The molecule has 1 amide bonds. The van der Waals surface area contributed by atoms with Crippen molar-refractivity contribution in [3.05, 3.63) is 23.8 Å². The Morgan fingerprint density at radius 3 is 2.59 bits per heavy atom. The Morgan fingerprint density at radius 1 is 1.27 bits per heavy atom. The number of carbonyl (C=O) groups is 1. The number of benzene rings is 1. The molecule has 5 nitrogen and oxygen atoms in total. The lowest BCUT2D eigenvalue weighted by molar-refractivity contribution is -0.122. The van der Waals surface area contributed by atoms with Gasteiger partial charge in [0.05, 0.1) is 20.3 Å². The molecule has 1 unspecified atom stereocenters. The van der Waals surface area contributed by atoms with Gasteiger partial charge >= 0.3 is 0 Å². The van der Waals surface area contributed by atoms with Crippen LogP contribution in [0.1, 0.15) is 37.8 Å². The van der Waals surface area contributed by atoms with E-state index in [2.05, 4.69) is 10.6 Å². The molecule has 0 saturated carbocycles. The molecule has 5 heteroatoms. The van der Waals surface area contributed by atoms with E-state index in [0.717, 1.165) is 31.5 Å². The lowest BCUT2D eigenvalue weighted by atomic mass is 9.94. The van der Waals surface area contributed by atoms with E-state index < -0.39 is 0 Å². The largest absolute Gasteiger partial charge is 0.493 e. The van der Waals surface area contributed by atoms with E-state index in [9.17, 15) is 4.79 Å². The first-order valence-corrected chi connectivity index (χ1v) is 7.86. The highest BCUT2D eigenvalue weighted by molar-refractivity contribution is 5.76. The van der Waals surface area contributed by atoms with Crippen molar-refractivity contribution >= 4 is 5.91 Å². The molecule has 1 atom stereocenters. The SMILES string of the molecule is COc1ccc(C(C)NC(=O)CC2CCNCC2)cc1OC. The normalized spacial score (nSPS) is 16.9. The second kappa shape index (κ2) is 8.03. The van der Waals surface area contributed by atoms with Gasteiger partial charge in [0.2, 0.25) is 5.91 Å². The molecule has 0 bridgehead atoms. The summed E-state index contributed by atoms with van der Waals surface area (Å²) in [4.78, 5) is 12.2. The van der Waals surface area contributed by atoms with Crippen LogP contribution in [0.15, 0.2) is 18.2 Å². The van der Waals surface area contributed by atoms with Crippen molar-refractivity contribution < 1.29 is 14.3 Å². The number of nitrogens with one attached hydrogen (secondary N) is 2. The van der Waals surface area contributed by atoms with E-state index in [0.29, 0.717) is 23.8 Å². The highest BCUT2D eigenvalue weighted by atomic mass is 16.5. The lowest BCUT2D eigenvalue weighted by Gasteiger charge is -2.23. The topological polar surface area (TPSA) is 59.6 Å². The highest BCUT2D eigenvalue weighted by Crippen LogP contribution is 2.30. The van der Waals surface area contributed by atoms with Crippen molar-refractivity contribution in [2.75, 3.05) is 27.3 Å². The van der Waals surface area contributed by atoms with Crippen LogP contribution in [0.2, 0.25) is 0 Å². The Balaban J connectivity index is 1.93. The maximum Gasteiger partial charge on any atom is 0.220 e. The number of hydrogen-bond donors (Lipinski definition) is 2. The van der Waals surface area contributed by atoms with E-state index in [1.807, 2.05) is 25.1 Å². The first-order valence-electron chi connectivity index (χ1n) is 7.86. The quantitative estimate of drug-likeness (QED) is 0.846. The first-order chi connectivity index (χ1) is 10.6. The van der Waals surface area contributed by atoms with Gasteiger partial charge in [-0.3, -0.25) is 4.79 Å². The number of rotatable bonds is 6. The van der Waals surface area contributed by atoms with Crippen LogP contribution in [0.25, 0.3) is 0 Å². The van der Waals surface area contributed by atoms with E-state index in [-0.39, 0.29) is 11.9 Å². The van der Waals surface area contributed by atoms with Gasteiger partial charge in [0.25, 0.3) is 0 Å². The molecule has 0 aliphatic carbocycles. The molecule has 0 radical (unpaired) electrons. The molecular weight excluding hydrogens is 280 g/mol. The van der Waals surface area contributed by atoms with Gasteiger partial charge in [-0.25, -0.2) is 0 Å². The van der Waals surface area contributed by atoms with Gasteiger partial charge in [-0.1, -0.05) is 6.07 Å². The second-order valence-corrected chi connectivity index (χ2v) is 5.80. The van der Waals surface area contributed by atoms with Gasteiger partial charge in [-0.15, -0.1) is 0 Å². The van der Waals surface area contributed by atoms with Crippen molar-refractivity contribution in [2.24, 2.45) is 5.92 Å². The van der Waals surface area contributed by atoms with Crippen LogP contribution in [0.3, 0.4) is 0 Å². The predicted octanol–water partition coefficient (Wildman–Crippen LogP) is 2.27. The Labute approximate surface area is 132 Å². The number of ether oxygens (including phenoxy) is 2. The second-order valence-electron chi connectivity index (χ2n) is 5.80. The summed E-state index contributed by atoms with van der Waals surface area (Å²) in [5.41, 5.74) is 1.01. The maximum atomic E-state index is 12.2. The maximum absolute atomic E-state index is 12.2. The summed E-state index contributed by atoms with van der Waals surface area (Å²) in [6.45, 7) is 4.02. The average Bonchev–Trinajstić information content (AvgIpc) is 2.54. The standard InChI is InChI=1S/C17H26N2O3/c1-12(14-4-5-15(21-2)16(11-14)22-3)19-17(20)10-13-6-8-18-9-7-13/h4-5,11-13,18H,6-10H2,1-3H3,(H,19,20). The van der Waals surface area contributed by atoms with E-state index >= 15 is 0 Å². The van der Waals surface area contributed by atoms with Crippen LogP contribution in [-0.2, 0) is 4.79 Å². The van der Waals surface area contributed by atoms with Gasteiger partial charge in [-0.2, -0.15) is 0 Å². The molecule has 1 aliphatic rings. The predicted molar refractivity (Wildman–Crippen MR) is 86.3 cm³/mol. The molecule has 1 heterocycles. The zero-order valence-electron chi connectivity index (χ0n) is 13.6. The van der Waals surface area contributed by atoms with E-state index in [1.165, 1.54) is 0 Å². The number of hydrogen-bond acceptors (Lipinski definition) is 4. The lowest BCUT2D eigenvalue weighted by Crippen LogP contribution is -2.33. The minimum Gasteiger partial charge on any atom is -0.493 e. The monoisotopic (exact) mass is 306 g/mol. The Bertz CT molecular complexity index is 499. The molecule has 1 fully saturated rings. The van der Waals surface area contributed by atoms with Gasteiger partial charge in [-0.05, 0) is 56.5 Å². The van der Waals surface area contributed by atoms with Crippen molar-refractivity contribution in [1.82, 2.24) is 10.6 Å². The highest BCUT2D eigenvalue weighted by Gasteiger charge is 2.18. The first kappa shape index (κ1) is 16.6. The molecule has 0 aromatic heterocycles. The van der Waals surface area contributed by atoms with Crippen molar-refractivity contribution in [3.63, 3.8) is 0 Å². The van der Waals surface area contributed by atoms with Crippen LogP contribution in [0.4, 0.5) is 0 Å². The fourth-order valence-electron chi connectivity index (χ4n) is 2.85. The fourth-order valence-corrected chi connectivity index (χ4v) is 2.85. The van der Waals surface area contributed by atoms with Crippen LogP contribution in [0.5, 0.6) is 11.5 Å². The zero-order valence-corrected chi connectivity index (χ0v) is 13.6. The molecular formula is C17H26N2O3. The summed E-state index contributed by atoms with van der Waals surface area (Å²) < 4.78 is 10.5. The Morgan fingerprint density at radius 2 is 1.95 bits per heavy atom. The third-order valence-corrected chi connectivity index (χ3v) is 4.22. The third-order valence-electron chi connectivity index (χ3n) is 4.22. The number of carbonyl (C=O) groups excluding carboxylic acids is 1. The Kier molecular flexibility index (Phi) is 6.07. The smallest absolute Gasteiger partial charge is 0.220 e. The zero-order chi connectivity index (χ0) is 15.9. The van der Waals surface area contributed by atoms with Crippen LogP contribution in [0, 0.1) is 5.92 Å². The molecule has 1 aliphatic heterocycles. The minimum atomic E-state index is -0.0472. The van der Waals surface area contributed by atoms with Gasteiger partial charge < -0.3 is 20.1 Å². The molecule has 22 heavy (non-hydrogen) atoms. The summed E-state index contributed by atoms with van der Waals surface area (Å²) >= 11 is 0. The van der Waals surface area contributed by atoms with Crippen molar-refractivity contribution in [1.29, 1.82) is 0 Å². The molecule has 1 aromatic carbocycles. The summed E-state index contributed by atoms with van der Waals surface area (Å²) in [5.74, 6) is 1.99. The number of methoxy groups -OCH3 is 2. The van der Waals surface area contributed by atoms with Gasteiger partial charge in [0, 0.05) is 6.42 Å². The fraction of sp³-hybridized carbons (Fsp3) is 0.588. The van der Waals surface area contributed by atoms with Crippen molar-refractivity contribution in [2.45, 2.75) is 32.2 Å². The summed E-state index contributed by atoms with van der Waals surface area (Å²) in [6, 6.07) is 5.68. The summed E-state index contributed by atoms with van der Waals surface area (Å²) in [7, 11) is 3.23. The van der Waals surface area contributed by atoms with E-state index in [4.69, 9.17) is 9.47 Å². The minimum absolute atomic E-state index is 0.0472.